The van der Waals surface area contributed by atoms with Crippen LogP contribution in [0.5, 0.6) is 0 Å². The number of aromatic nitrogens is 1. The molecule has 0 saturated carbocycles. The fraction of sp³-hybridized carbons (Fsp3) is 0.444. The number of rotatable bonds is 6. The predicted octanol–water partition coefficient (Wildman–Crippen LogP) is 2.90. The number of aryl methyl sites for hydroxylation is 2. The lowest BCUT2D eigenvalue weighted by molar-refractivity contribution is 0.163. The van der Waals surface area contributed by atoms with E-state index in [1.165, 1.54) is 29.7 Å². The fourth-order valence-electron chi connectivity index (χ4n) is 3.40. The van der Waals surface area contributed by atoms with Crippen molar-refractivity contribution in [2.45, 2.75) is 31.8 Å². The van der Waals surface area contributed by atoms with Crippen LogP contribution in [0.4, 0.5) is 0 Å². The normalized spacial score (nSPS) is 17.4. The second kappa shape index (κ2) is 6.46. The van der Waals surface area contributed by atoms with Crippen molar-refractivity contribution >= 4 is 0 Å². The van der Waals surface area contributed by atoms with Gasteiger partial charge in [0.2, 0.25) is 0 Å². The summed E-state index contributed by atoms with van der Waals surface area (Å²) in [5.41, 5.74) is 4.30. The summed E-state index contributed by atoms with van der Waals surface area (Å²) in [6, 6.07) is 13.6. The number of hydrogen-bond acceptors (Lipinski definition) is 2. The molecule has 1 N–H and O–H groups in total. The molecule has 0 aliphatic heterocycles. The van der Waals surface area contributed by atoms with Gasteiger partial charge in [-0.3, -0.25) is 4.90 Å². The van der Waals surface area contributed by atoms with E-state index >= 15 is 0 Å². The Kier molecular flexibility index (Phi) is 4.42. The van der Waals surface area contributed by atoms with Crippen LogP contribution in [-0.2, 0) is 20.0 Å². The molecule has 112 valence electrons. The van der Waals surface area contributed by atoms with Crippen LogP contribution in [0.3, 0.4) is 0 Å². The smallest absolute Gasteiger partial charge is 0.0443 e. The quantitative estimate of drug-likeness (QED) is 0.883. The molecule has 0 saturated heterocycles. The minimum Gasteiger partial charge on any atom is -0.396 e. The second-order valence-electron chi connectivity index (χ2n) is 5.91. The Morgan fingerprint density at radius 1 is 1.24 bits per heavy atom. The zero-order valence-electron chi connectivity index (χ0n) is 12.7. The van der Waals surface area contributed by atoms with Gasteiger partial charge in [0.25, 0.3) is 0 Å². The summed E-state index contributed by atoms with van der Waals surface area (Å²) < 4.78 is 2.19. The molecular formula is C18H24N2O. The van der Waals surface area contributed by atoms with Crippen LogP contribution in [0.25, 0.3) is 0 Å². The van der Waals surface area contributed by atoms with Gasteiger partial charge in [-0.1, -0.05) is 24.3 Å². The van der Waals surface area contributed by atoms with Gasteiger partial charge in [0, 0.05) is 44.7 Å². The zero-order valence-corrected chi connectivity index (χ0v) is 12.7. The van der Waals surface area contributed by atoms with Crippen molar-refractivity contribution in [3.63, 3.8) is 0 Å². The third kappa shape index (κ3) is 3.04. The SMILES string of the molecule is Cn1cccc1CN(CCCO)C1CCc2ccccc21. The number of fused-ring (bicyclic) bond motifs is 1. The molecule has 0 bridgehead atoms. The Morgan fingerprint density at radius 3 is 2.86 bits per heavy atom. The fourth-order valence-corrected chi connectivity index (χ4v) is 3.40. The van der Waals surface area contributed by atoms with Gasteiger partial charge >= 0.3 is 0 Å². The van der Waals surface area contributed by atoms with Gasteiger partial charge in [-0.25, -0.2) is 0 Å². The van der Waals surface area contributed by atoms with Crippen molar-refractivity contribution in [2.75, 3.05) is 13.2 Å². The van der Waals surface area contributed by atoms with Crippen LogP contribution in [0.1, 0.15) is 35.7 Å². The van der Waals surface area contributed by atoms with E-state index in [9.17, 15) is 5.11 Å². The largest absolute Gasteiger partial charge is 0.396 e. The predicted molar refractivity (Wildman–Crippen MR) is 85.0 cm³/mol. The van der Waals surface area contributed by atoms with E-state index in [2.05, 4.69) is 59.1 Å². The van der Waals surface area contributed by atoms with Crippen LogP contribution >= 0.6 is 0 Å². The number of aliphatic hydroxyl groups is 1. The first-order chi connectivity index (χ1) is 10.3. The van der Waals surface area contributed by atoms with Crippen LogP contribution < -0.4 is 0 Å². The lowest BCUT2D eigenvalue weighted by Gasteiger charge is -2.29. The first kappa shape index (κ1) is 14.4. The highest BCUT2D eigenvalue weighted by Crippen LogP contribution is 2.36. The Balaban J connectivity index is 1.81. The summed E-state index contributed by atoms with van der Waals surface area (Å²) in [7, 11) is 2.10. The maximum Gasteiger partial charge on any atom is 0.0443 e. The zero-order chi connectivity index (χ0) is 14.7. The van der Waals surface area contributed by atoms with Crippen LogP contribution in [0.2, 0.25) is 0 Å². The summed E-state index contributed by atoms with van der Waals surface area (Å²) in [6.45, 7) is 2.15. The average Bonchev–Trinajstić information content (AvgIpc) is 3.10. The molecule has 1 unspecified atom stereocenters. The lowest BCUT2D eigenvalue weighted by atomic mass is 10.1. The van der Waals surface area contributed by atoms with Crippen molar-refractivity contribution in [3.8, 4) is 0 Å². The highest BCUT2D eigenvalue weighted by Gasteiger charge is 2.27. The molecule has 1 aromatic heterocycles. The monoisotopic (exact) mass is 284 g/mol. The standard InChI is InChI=1S/C18H24N2O/c1-19-11-4-7-16(19)14-20(12-5-13-21)18-10-9-15-6-2-3-8-17(15)18/h2-4,6-8,11,18,21H,5,9-10,12-14H2,1H3. The summed E-state index contributed by atoms with van der Waals surface area (Å²) >= 11 is 0. The van der Waals surface area contributed by atoms with E-state index < -0.39 is 0 Å². The van der Waals surface area contributed by atoms with Crippen LogP contribution in [-0.4, -0.2) is 27.7 Å². The molecule has 21 heavy (non-hydrogen) atoms. The summed E-state index contributed by atoms with van der Waals surface area (Å²) in [6.07, 6.45) is 5.30. The molecule has 0 amide bonds. The van der Waals surface area contributed by atoms with Gasteiger partial charge in [0.05, 0.1) is 0 Å². The van der Waals surface area contributed by atoms with Crippen LogP contribution in [0.15, 0.2) is 42.6 Å². The Hall–Kier alpha value is -1.58. The maximum absolute atomic E-state index is 9.20. The molecule has 0 radical (unpaired) electrons. The van der Waals surface area contributed by atoms with Crippen molar-refractivity contribution in [1.82, 2.24) is 9.47 Å². The summed E-state index contributed by atoms with van der Waals surface area (Å²) in [5.74, 6) is 0. The highest BCUT2D eigenvalue weighted by molar-refractivity contribution is 5.34. The Bertz CT molecular complexity index is 590. The third-order valence-corrected chi connectivity index (χ3v) is 4.56. The molecule has 3 rings (SSSR count). The van der Waals surface area contributed by atoms with Gasteiger partial charge in [-0.05, 0) is 42.5 Å². The molecule has 1 atom stereocenters. The van der Waals surface area contributed by atoms with E-state index in [0.29, 0.717) is 6.04 Å². The van der Waals surface area contributed by atoms with Crippen molar-refractivity contribution in [3.05, 3.63) is 59.4 Å². The molecule has 1 aromatic carbocycles. The summed E-state index contributed by atoms with van der Waals surface area (Å²) in [4.78, 5) is 2.53. The van der Waals surface area contributed by atoms with Crippen molar-refractivity contribution < 1.29 is 5.11 Å². The van der Waals surface area contributed by atoms with E-state index in [1.807, 2.05) is 0 Å². The van der Waals surface area contributed by atoms with E-state index in [-0.39, 0.29) is 6.61 Å². The molecule has 0 fully saturated rings. The molecule has 0 spiro atoms. The molecule has 1 heterocycles. The molecule has 2 aromatic rings. The minimum absolute atomic E-state index is 0.262. The average molecular weight is 284 g/mol. The van der Waals surface area contributed by atoms with Crippen molar-refractivity contribution in [2.24, 2.45) is 7.05 Å². The van der Waals surface area contributed by atoms with E-state index in [1.54, 1.807) is 0 Å². The van der Waals surface area contributed by atoms with E-state index in [0.717, 1.165) is 19.5 Å². The van der Waals surface area contributed by atoms with Gasteiger partial charge < -0.3 is 9.67 Å². The van der Waals surface area contributed by atoms with Crippen LogP contribution in [0, 0.1) is 0 Å². The van der Waals surface area contributed by atoms with Gasteiger partial charge in [-0.15, -0.1) is 0 Å². The highest BCUT2D eigenvalue weighted by atomic mass is 16.3. The molecular weight excluding hydrogens is 260 g/mol. The first-order valence-electron chi connectivity index (χ1n) is 7.82. The third-order valence-electron chi connectivity index (χ3n) is 4.56. The Labute approximate surface area is 126 Å². The van der Waals surface area contributed by atoms with Gasteiger partial charge in [-0.2, -0.15) is 0 Å². The topological polar surface area (TPSA) is 28.4 Å². The molecule has 3 nitrogen and oxygen atoms in total. The number of aliphatic hydroxyl groups excluding tert-OH is 1. The number of benzene rings is 1. The summed E-state index contributed by atoms with van der Waals surface area (Å²) in [5, 5.41) is 9.20. The van der Waals surface area contributed by atoms with Crippen molar-refractivity contribution in [1.29, 1.82) is 0 Å². The lowest BCUT2D eigenvalue weighted by Crippen LogP contribution is -2.29. The maximum atomic E-state index is 9.20. The Morgan fingerprint density at radius 2 is 2.10 bits per heavy atom. The first-order valence-corrected chi connectivity index (χ1v) is 7.82. The number of hydrogen-bond donors (Lipinski definition) is 1. The van der Waals surface area contributed by atoms with Gasteiger partial charge in [0.1, 0.15) is 0 Å². The molecule has 1 aliphatic rings. The number of nitrogens with zero attached hydrogens (tertiary/aromatic N) is 2. The second-order valence-corrected chi connectivity index (χ2v) is 5.91. The van der Waals surface area contributed by atoms with Gasteiger partial charge in [0.15, 0.2) is 0 Å². The minimum atomic E-state index is 0.262. The molecule has 3 heteroatoms. The van der Waals surface area contributed by atoms with E-state index in [4.69, 9.17) is 0 Å². The molecule has 1 aliphatic carbocycles.